The van der Waals surface area contributed by atoms with E-state index in [1.165, 1.54) is 5.56 Å². The van der Waals surface area contributed by atoms with Crippen molar-refractivity contribution >= 4 is 8.80 Å². The summed E-state index contributed by atoms with van der Waals surface area (Å²) in [5.41, 5.74) is 1.38. The van der Waals surface area contributed by atoms with Gasteiger partial charge in [0.2, 0.25) is 0 Å². The van der Waals surface area contributed by atoms with E-state index in [1.54, 1.807) is 0 Å². The first kappa shape index (κ1) is 30.1. The van der Waals surface area contributed by atoms with Crippen LogP contribution in [0.4, 0.5) is 0 Å². The Labute approximate surface area is 154 Å². The molecule has 0 saturated heterocycles. The van der Waals surface area contributed by atoms with E-state index in [9.17, 15) is 0 Å². The van der Waals surface area contributed by atoms with Crippen molar-refractivity contribution in [2.75, 3.05) is 19.8 Å². The fraction of sp³-hybridized carbons (Fsp3) is 0.529. The maximum Gasteiger partial charge on any atom is 4.00 e. The molecule has 0 aromatic heterocycles. The average molecular weight is 510 g/mol. The molecule has 0 aliphatic carbocycles. The van der Waals surface area contributed by atoms with Gasteiger partial charge in [0.25, 0.3) is 0 Å². The van der Waals surface area contributed by atoms with Crippen molar-refractivity contribution in [3.63, 3.8) is 0 Å². The summed E-state index contributed by atoms with van der Waals surface area (Å²) in [5.74, 6) is 0. The minimum absolute atomic E-state index is 0. The van der Waals surface area contributed by atoms with Gasteiger partial charge in [-0.25, -0.2) is 12.1 Å². The standard InChI is InChI=1S/C14H25O3Si.3CH3.Pt/c1-4-15-18(16-5-2,17-6-3)13-9-12-14-10-7-8-11-14;;;;/h7-8,10-11H,4-6,9,12-13H2,1-3H3;3*1H3;/q4*-1;+4. The van der Waals surface area contributed by atoms with Crippen LogP contribution in [0, 0.1) is 22.3 Å². The molecule has 0 atom stereocenters. The summed E-state index contributed by atoms with van der Waals surface area (Å²) < 4.78 is 17.5. The minimum atomic E-state index is -2.43. The molecule has 0 N–H and O–H groups in total. The van der Waals surface area contributed by atoms with Crippen LogP contribution in [0.5, 0.6) is 0 Å². The molecule has 0 saturated carbocycles. The molecule has 134 valence electrons. The van der Waals surface area contributed by atoms with E-state index < -0.39 is 8.80 Å². The van der Waals surface area contributed by atoms with Crippen LogP contribution in [-0.2, 0) is 40.8 Å². The van der Waals surface area contributed by atoms with E-state index in [2.05, 4.69) is 24.3 Å². The molecular weight excluding hydrogens is 475 g/mol. The molecule has 0 bridgehead atoms. The van der Waals surface area contributed by atoms with Crippen molar-refractivity contribution < 1.29 is 34.3 Å². The number of hydrogen-bond donors (Lipinski definition) is 0. The first-order valence-corrected chi connectivity index (χ1v) is 8.82. The first-order valence-electron chi connectivity index (χ1n) is 6.88. The number of aryl methyl sites for hydroxylation is 1. The topological polar surface area (TPSA) is 27.7 Å². The molecule has 0 radical (unpaired) electrons. The Morgan fingerprint density at radius 3 is 1.59 bits per heavy atom. The fourth-order valence-corrected chi connectivity index (χ4v) is 4.70. The van der Waals surface area contributed by atoms with Gasteiger partial charge in [-0.15, -0.1) is 0 Å². The van der Waals surface area contributed by atoms with Crippen LogP contribution < -0.4 is 0 Å². The van der Waals surface area contributed by atoms with Crippen molar-refractivity contribution in [1.29, 1.82) is 0 Å². The van der Waals surface area contributed by atoms with Crippen LogP contribution in [0.25, 0.3) is 0 Å². The quantitative estimate of drug-likeness (QED) is 0.337. The predicted molar refractivity (Wildman–Crippen MR) is 95.0 cm³/mol. The van der Waals surface area contributed by atoms with E-state index in [0.29, 0.717) is 19.8 Å². The third-order valence-corrected chi connectivity index (χ3v) is 5.92. The van der Waals surface area contributed by atoms with E-state index in [0.717, 1.165) is 18.9 Å². The summed E-state index contributed by atoms with van der Waals surface area (Å²) >= 11 is 0. The van der Waals surface area contributed by atoms with E-state index >= 15 is 0 Å². The van der Waals surface area contributed by atoms with Crippen LogP contribution in [0.15, 0.2) is 24.3 Å². The van der Waals surface area contributed by atoms with E-state index in [4.69, 9.17) is 13.3 Å². The Morgan fingerprint density at radius 1 is 0.818 bits per heavy atom. The fourth-order valence-electron chi connectivity index (χ4n) is 2.09. The van der Waals surface area contributed by atoms with E-state index in [-0.39, 0.29) is 43.3 Å². The molecule has 0 fully saturated rings. The summed E-state index contributed by atoms with van der Waals surface area (Å²) in [7, 11) is -2.43. The van der Waals surface area contributed by atoms with Gasteiger partial charge in [0.1, 0.15) is 0 Å². The molecule has 1 aromatic rings. The third-order valence-electron chi connectivity index (χ3n) is 2.77. The Balaban J connectivity index is -0.000000405. The molecule has 0 amide bonds. The maximum atomic E-state index is 5.82. The van der Waals surface area contributed by atoms with Gasteiger partial charge in [0, 0.05) is 25.9 Å². The van der Waals surface area contributed by atoms with Gasteiger partial charge in [0.05, 0.1) is 0 Å². The van der Waals surface area contributed by atoms with Crippen LogP contribution in [0.3, 0.4) is 0 Å². The molecule has 0 aliphatic rings. The molecular formula is C17H34O3PtSi. The molecule has 0 unspecified atom stereocenters. The number of rotatable bonds is 10. The second kappa shape index (κ2) is 17.5. The Hall–Kier alpha value is 0.135. The van der Waals surface area contributed by atoms with Crippen LogP contribution in [0.2, 0.25) is 6.04 Å². The smallest absolute Gasteiger partial charge is 0.374 e. The molecule has 5 heteroatoms. The van der Waals surface area contributed by atoms with Gasteiger partial charge in [-0.2, -0.15) is 17.7 Å². The molecule has 1 rings (SSSR count). The SMILES string of the molecule is CCO[Si](CCC[c-]1cccc1)(OCC)OCC.[CH3-].[CH3-].[CH3-].[Pt+4]. The Kier molecular flexibility index (Phi) is 23.9. The average Bonchev–Trinajstić information content (AvgIpc) is 2.83. The van der Waals surface area contributed by atoms with Crippen LogP contribution in [-0.4, -0.2) is 28.6 Å². The van der Waals surface area contributed by atoms with Gasteiger partial charge in [-0.05, 0) is 20.8 Å². The van der Waals surface area contributed by atoms with Crippen molar-refractivity contribution in [1.82, 2.24) is 0 Å². The van der Waals surface area contributed by atoms with Crippen LogP contribution in [0.1, 0.15) is 32.8 Å². The minimum Gasteiger partial charge on any atom is -0.374 e. The normalized spacial score (nSPS) is 9.77. The summed E-state index contributed by atoms with van der Waals surface area (Å²) in [5, 5.41) is 0. The maximum absolute atomic E-state index is 5.82. The Bertz CT molecular complexity index is 288. The molecule has 0 aliphatic heterocycles. The summed E-state index contributed by atoms with van der Waals surface area (Å²) in [6.07, 6.45) is 2.12. The largest absolute Gasteiger partial charge is 4.00 e. The van der Waals surface area contributed by atoms with Gasteiger partial charge < -0.3 is 35.6 Å². The zero-order valence-electron chi connectivity index (χ0n) is 15.1. The van der Waals surface area contributed by atoms with Crippen molar-refractivity contribution in [2.24, 2.45) is 0 Å². The van der Waals surface area contributed by atoms with Gasteiger partial charge in [-0.1, -0.05) is 12.8 Å². The van der Waals surface area contributed by atoms with Gasteiger partial charge in [0.15, 0.2) is 0 Å². The summed E-state index contributed by atoms with van der Waals surface area (Å²) in [6.45, 7) is 7.96. The molecule has 0 spiro atoms. The zero-order valence-corrected chi connectivity index (χ0v) is 18.4. The molecule has 3 nitrogen and oxygen atoms in total. The van der Waals surface area contributed by atoms with Crippen molar-refractivity contribution in [3.05, 3.63) is 52.1 Å². The number of hydrogen-bond acceptors (Lipinski definition) is 3. The van der Waals surface area contributed by atoms with Crippen molar-refractivity contribution in [3.8, 4) is 0 Å². The predicted octanol–water partition coefficient (Wildman–Crippen LogP) is 4.73. The molecule has 1 aromatic carbocycles. The van der Waals surface area contributed by atoms with Gasteiger partial charge >= 0.3 is 29.9 Å². The van der Waals surface area contributed by atoms with Gasteiger partial charge in [-0.3, -0.25) is 0 Å². The summed E-state index contributed by atoms with van der Waals surface area (Å²) in [6, 6.07) is 9.37. The zero-order chi connectivity index (χ0) is 13.3. The third kappa shape index (κ3) is 10.8. The monoisotopic (exact) mass is 509 g/mol. The second-order valence-corrected chi connectivity index (χ2v) is 6.86. The van der Waals surface area contributed by atoms with Crippen LogP contribution >= 0.6 is 0 Å². The Morgan fingerprint density at radius 2 is 1.23 bits per heavy atom. The first-order chi connectivity index (χ1) is 8.76. The van der Waals surface area contributed by atoms with E-state index in [1.807, 2.05) is 20.8 Å². The molecule has 0 heterocycles. The summed E-state index contributed by atoms with van der Waals surface area (Å²) in [4.78, 5) is 0. The second-order valence-electron chi connectivity index (χ2n) is 4.13. The molecule has 22 heavy (non-hydrogen) atoms. The van der Waals surface area contributed by atoms with Crippen molar-refractivity contribution in [2.45, 2.75) is 39.7 Å².